The average Bonchev–Trinajstić information content (AvgIpc) is 2.20. The summed E-state index contributed by atoms with van der Waals surface area (Å²) in [5.74, 6) is 0. The highest BCUT2D eigenvalue weighted by atomic mass is 15.2. The highest BCUT2D eigenvalue weighted by molar-refractivity contribution is 5.54. The number of anilines is 2. The molecule has 2 nitrogen and oxygen atoms in total. The Kier molecular flexibility index (Phi) is 2.85. The molecule has 0 spiro atoms. The van der Waals surface area contributed by atoms with Gasteiger partial charge in [-0.05, 0) is 57.4 Å². The maximum atomic E-state index is 5.71. The van der Waals surface area contributed by atoms with Crippen molar-refractivity contribution in [2.75, 3.05) is 10.6 Å². The van der Waals surface area contributed by atoms with Crippen LogP contribution in [0.15, 0.2) is 24.3 Å². The number of benzene rings is 1. The third-order valence-electron chi connectivity index (χ3n) is 3.38. The van der Waals surface area contributed by atoms with Gasteiger partial charge in [-0.15, -0.1) is 0 Å². The van der Waals surface area contributed by atoms with E-state index < -0.39 is 0 Å². The fourth-order valence-electron chi connectivity index (χ4n) is 2.58. The van der Waals surface area contributed by atoms with Gasteiger partial charge >= 0.3 is 0 Å². The SMILES string of the molecule is C[C@@H]1CCC[C@H](C)N1c1ccc(N)cc1. The predicted octanol–water partition coefficient (Wildman–Crippen LogP) is 3.04. The van der Waals surface area contributed by atoms with Crippen LogP contribution in [0.25, 0.3) is 0 Å². The van der Waals surface area contributed by atoms with Crippen LogP contribution in [0, 0.1) is 0 Å². The molecule has 0 saturated carbocycles. The van der Waals surface area contributed by atoms with Gasteiger partial charge in [0.25, 0.3) is 0 Å². The summed E-state index contributed by atoms with van der Waals surface area (Å²) in [6, 6.07) is 9.54. The van der Waals surface area contributed by atoms with E-state index in [9.17, 15) is 0 Å². The van der Waals surface area contributed by atoms with Crippen molar-refractivity contribution in [2.45, 2.75) is 45.2 Å². The van der Waals surface area contributed by atoms with Crippen LogP contribution < -0.4 is 10.6 Å². The molecule has 0 bridgehead atoms. The molecular weight excluding hydrogens is 184 g/mol. The first-order valence-electron chi connectivity index (χ1n) is 5.82. The molecule has 2 atom stereocenters. The number of rotatable bonds is 1. The summed E-state index contributed by atoms with van der Waals surface area (Å²) < 4.78 is 0. The number of nitrogens with two attached hydrogens (primary N) is 1. The minimum Gasteiger partial charge on any atom is -0.399 e. The van der Waals surface area contributed by atoms with E-state index in [1.165, 1.54) is 24.9 Å². The molecule has 0 aliphatic carbocycles. The predicted molar refractivity (Wildman–Crippen MR) is 66.1 cm³/mol. The molecule has 1 aliphatic rings. The van der Waals surface area contributed by atoms with Crippen molar-refractivity contribution in [3.8, 4) is 0 Å². The Bertz CT molecular complexity index is 308. The number of nitrogen functional groups attached to an aromatic ring is 1. The molecule has 0 radical (unpaired) electrons. The van der Waals surface area contributed by atoms with Crippen LogP contribution in [0.3, 0.4) is 0 Å². The molecular formula is C13H20N2. The summed E-state index contributed by atoms with van der Waals surface area (Å²) in [7, 11) is 0. The van der Waals surface area contributed by atoms with Gasteiger partial charge < -0.3 is 10.6 Å². The lowest BCUT2D eigenvalue weighted by Gasteiger charge is -2.41. The standard InChI is InChI=1S/C13H20N2/c1-10-4-3-5-11(2)15(10)13-8-6-12(14)7-9-13/h6-11H,3-5,14H2,1-2H3/t10-,11+. The second-order valence-corrected chi connectivity index (χ2v) is 4.63. The smallest absolute Gasteiger partial charge is 0.0372 e. The Morgan fingerprint density at radius 3 is 2.13 bits per heavy atom. The Balaban J connectivity index is 2.23. The average molecular weight is 204 g/mol. The van der Waals surface area contributed by atoms with Crippen molar-refractivity contribution in [3.63, 3.8) is 0 Å². The van der Waals surface area contributed by atoms with Crippen LogP contribution >= 0.6 is 0 Å². The zero-order valence-electron chi connectivity index (χ0n) is 9.61. The van der Waals surface area contributed by atoms with Gasteiger partial charge in [-0.3, -0.25) is 0 Å². The summed E-state index contributed by atoms with van der Waals surface area (Å²) in [6.07, 6.45) is 3.96. The Labute approximate surface area is 92.1 Å². The maximum Gasteiger partial charge on any atom is 0.0372 e. The first kappa shape index (κ1) is 10.3. The van der Waals surface area contributed by atoms with Gasteiger partial charge in [-0.25, -0.2) is 0 Å². The third-order valence-corrected chi connectivity index (χ3v) is 3.38. The second-order valence-electron chi connectivity index (χ2n) is 4.63. The summed E-state index contributed by atoms with van der Waals surface area (Å²) in [5.41, 5.74) is 7.86. The number of hydrogen-bond acceptors (Lipinski definition) is 2. The minimum absolute atomic E-state index is 0.650. The van der Waals surface area contributed by atoms with E-state index in [2.05, 4.69) is 30.9 Å². The van der Waals surface area contributed by atoms with E-state index in [0.29, 0.717) is 12.1 Å². The van der Waals surface area contributed by atoms with Crippen molar-refractivity contribution in [1.29, 1.82) is 0 Å². The van der Waals surface area contributed by atoms with Gasteiger partial charge in [0, 0.05) is 23.5 Å². The largest absolute Gasteiger partial charge is 0.399 e. The number of nitrogens with zero attached hydrogens (tertiary/aromatic N) is 1. The Hall–Kier alpha value is -1.18. The van der Waals surface area contributed by atoms with E-state index in [1.54, 1.807) is 0 Å². The molecule has 0 unspecified atom stereocenters. The monoisotopic (exact) mass is 204 g/mol. The quantitative estimate of drug-likeness (QED) is 0.712. The summed E-state index contributed by atoms with van der Waals surface area (Å²) in [6.45, 7) is 4.62. The fourth-order valence-corrected chi connectivity index (χ4v) is 2.58. The molecule has 2 heteroatoms. The lowest BCUT2D eigenvalue weighted by Crippen LogP contribution is -2.43. The molecule has 2 N–H and O–H groups in total. The zero-order valence-corrected chi connectivity index (χ0v) is 9.61. The Morgan fingerprint density at radius 2 is 1.60 bits per heavy atom. The molecule has 1 aromatic carbocycles. The fraction of sp³-hybridized carbons (Fsp3) is 0.538. The highest BCUT2D eigenvalue weighted by Gasteiger charge is 2.24. The van der Waals surface area contributed by atoms with Gasteiger partial charge in [0.15, 0.2) is 0 Å². The Morgan fingerprint density at radius 1 is 1.07 bits per heavy atom. The molecule has 1 saturated heterocycles. The first-order valence-corrected chi connectivity index (χ1v) is 5.82. The first-order chi connectivity index (χ1) is 7.18. The highest BCUT2D eigenvalue weighted by Crippen LogP contribution is 2.29. The van der Waals surface area contributed by atoms with Gasteiger partial charge in [-0.1, -0.05) is 0 Å². The second kappa shape index (κ2) is 4.13. The topological polar surface area (TPSA) is 29.3 Å². The molecule has 1 aliphatic heterocycles. The van der Waals surface area contributed by atoms with E-state index in [-0.39, 0.29) is 0 Å². The van der Waals surface area contributed by atoms with Crippen LogP contribution in [0.1, 0.15) is 33.1 Å². The van der Waals surface area contributed by atoms with Crippen molar-refractivity contribution in [3.05, 3.63) is 24.3 Å². The lowest BCUT2D eigenvalue weighted by atomic mass is 9.96. The zero-order chi connectivity index (χ0) is 10.8. The van der Waals surface area contributed by atoms with Gasteiger partial charge in [-0.2, -0.15) is 0 Å². The molecule has 1 fully saturated rings. The molecule has 0 aromatic heterocycles. The van der Waals surface area contributed by atoms with Crippen molar-refractivity contribution in [1.82, 2.24) is 0 Å². The molecule has 1 heterocycles. The summed E-state index contributed by atoms with van der Waals surface area (Å²) in [4.78, 5) is 2.52. The van der Waals surface area contributed by atoms with E-state index in [4.69, 9.17) is 5.73 Å². The van der Waals surface area contributed by atoms with Crippen LogP contribution in [-0.2, 0) is 0 Å². The van der Waals surface area contributed by atoms with Gasteiger partial charge in [0.2, 0.25) is 0 Å². The third kappa shape index (κ3) is 2.09. The van der Waals surface area contributed by atoms with Crippen LogP contribution in [-0.4, -0.2) is 12.1 Å². The summed E-state index contributed by atoms with van der Waals surface area (Å²) >= 11 is 0. The normalized spacial score (nSPS) is 26.7. The van der Waals surface area contributed by atoms with Crippen molar-refractivity contribution < 1.29 is 0 Å². The minimum atomic E-state index is 0.650. The van der Waals surface area contributed by atoms with Crippen molar-refractivity contribution in [2.24, 2.45) is 0 Å². The van der Waals surface area contributed by atoms with E-state index in [0.717, 1.165) is 5.69 Å². The van der Waals surface area contributed by atoms with Gasteiger partial charge in [0.1, 0.15) is 0 Å². The van der Waals surface area contributed by atoms with Crippen LogP contribution in [0.4, 0.5) is 11.4 Å². The molecule has 2 rings (SSSR count). The van der Waals surface area contributed by atoms with Crippen molar-refractivity contribution >= 4 is 11.4 Å². The molecule has 15 heavy (non-hydrogen) atoms. The van der Waals surface area contributed by atoms with Gasteiger partial charge in [0.05, 0.1) is 0 Å². The van der Waals surface area contributed by atoms with Crippen LogP contribution in [0.2, 0.25) is 0 Å². The maximum absolute atomic E-state index is 5.71. The molecule has 1 aromatic rings. The number of hydrogen-bond donors (Lipinski definition) is 1. The number of piperidine rings is 1. The van der Waals surface area contributed by atoms with E-state index in [1.807, 2.05) is 12.1 Å². The molecule has 82 valence electrons. The van der Waals surface area contributed by atoms with Crippen LogP contribution in [0.5, 0.6) is 0 Å². The summed E-state index contributed by atoms with van der Waals surface area (Å²) in [5, 5.41) is 0. The van der Waals surface area contributed by atoms with E-state index >= 15 is 0 Å². The lowest BCUT2D eigenvalue weighted by molar-refractivity contribution is 0.414. The molecule has 0 amide bonds.